The summed E-state index contributed by atoms with van der Waals surface area (Å²) in [5.41, 5.74) is -2.00. The second kappa shape index (κ2) is 9.74. The number of carbonyl (C=O) groups is 3. The van der Waals surface area contributed by atoms with Crippen LogP contribution in [-0.2, 0) is 33.3 Å². The second-order valence-electron chi connectivity index (χ2n) is 6.32. The Hall–Kier alpha value is -2.33. The zero-order valence-electron chi connectivity index (χ0n) is 16.8. The van der Waals surface area contributed by atoms with Gasteiger partial charge in [0.05, 0.1) is 13.7 Å². The number of nitrogens with zero attached hydrogens (tertiary/aromatic N) is 1. The van der Waals surface area contributed by atoms with Crippen molar-refractivity contribution in [3.63, 3.8) is 0 Å². The topological polar surface area (TPSA) is 131 Å². The minimum Gasteiger partial charge on any atom is -0.468 e. The molecule has 28 heavy (non-hydrogen) atoms. The predicted octanol–water partition coefficient (Wildman–Crippen LogP) is 1.29. The molecule has 0 fully saturated rings. The molecule has 0 radical (unpaired) electrons. The highest BCUT2D eigenvalue weighted by Gasteiger charge is 2.66. The van der Waals surface area contributed by atoms with E-state index in [2.05, 4.69) is 0 Å². The maximum Gasteiger partial charge on any atom is 0.320 e. The van der Waals surface area contributed by atoms with Crippen LogP contribution in [0.25, 0.3) is 0 Å². The molecule has 10 nitrogen and oxygen atoms in total. The lowest BCUT2D eigenvalue weighted by molar-refractivity contribution is -0.544. The Kier molecular flexibility index (Phi) is 8.25. The maximum absolute atomic E-state index is 12.7. The fourth-order valence-electron chi connectivity index (χ4n) is 3.59. The average molecular weight is 401 g/mol. The molecule has 1 aliphatic rings. The summed E-state index contributed by atoms with van der Waals surface area (Å²) in [7, 11) is 1.08. The second-order valence-corrected chi connectivity index (χ2v) is 6.32. The summed E-state index contributed by atoms with van der Waals surface area (Å²) in [6, 6.07) is -1.70. The lowest BCUT2D eigenvalue weighted by Gasteiger charge is -2.47. The molecule has 0 N–H and O–H groups in total. The van der Waals surface area contributed by atoms with E-state index >= 15 is 0 Å². The molecule has 0 heterocycles. The molecule has 0 aromatic carbocycles. The van der Waals surface area contributed by atoms with Crippen LogP contribution in [0.5, 0.6) is 0 Å². The van der Waals surface area contributed by atoms with E-state index in [1.54, 1.807) is 20.8 Å². The third-order valence-corrected chi connectivity index (χ3v) is 4.72. The minimum atomic E-state index is -2.00. The molecule has 3 atom stereocenters. The highest BCUT2D eigenvalue weighted by molar-refractivity contribution is 6.10. The maximum atomic E-state index is 12.7. The van der Waals surface area contributed by atoms with Crippen molar-refractivity contribution >= 4 is 17.7 Å². The smallest absolute Gasteiger partial charge is 0.320 e. The van der Waals surface area contributed by atoms with E-state index in [0.29, 0.717) is 0 Å². The Morgan fingerprint density at radius 3 is 2.21 bits per heavy atom. The van der Waals surface area contributed by atoms with Crippen LogP contribution in [0.15, 0.2) is 12.2 Å². The fraction of sp³-hybridized carbons (Fsp3) is 0.722. The van der Waals surface area contributed by atoms with Crippen molar-refractivity contribution in [2.75, 3.05) is 26.9 Å². The predicted molar refractivity (Wildman–Crippen MR) is 95.8 cm³/mol. The van der Waals surface area contributed by atoms with Crippen molar-refractivity contribution in [2.45, 2.75) is 45.9 Å². The van der Waals surface area contributed by atoms with Gasteiger partial charge in [0, 0.05) is 18.1 Å². The zero-order chi connectivity index (χ0) is 21.5. The van der Waals surface area contributed by atoms with E-state index in [0.717, 1.165) is 13.2 Å². The van der Waals surface area contributed by atoms with Gasteiger partial charge in [-0.25, -0.2) is 0 Å². The van der Waals surface area contributed by atoms with Crippen LogP contribution < -0.4 is 0 Å². The number of rotatable bonds is 10. The standard InChI is InChI=1S/C18H27NO9/c1-6-26-14(21)11-12(19(23)24)15-17(4,16(22)25-5)13(20)9-10-18(15,27-7-2)28-8-3/h9-10,12,15H,6-8,11H2,1-5H3/t12-,15-,17-/m0/s1. The van der Waals surface area contributed by atoms with Gasteiger partial charge < -0.3 is 18.9 Å². The molecule has 1 rings (SSSR count). The van der Waals surface area contributed by atoms with Gasteiger partial charge in [0.15, 0.2) is 11.6 Å². The summed E-state index contributed by atoms with van der Waals surface area (Å²) in [5.74, 6) is -5.75. The Balaban J connectivity index is 3.70. The molecule has 0 bridgehead atoms. The van der Waals surface area contributed by atoms with Gasteiger partial charge in [0.1, 0.15) is 17.8 Å². The van der Waals surface area contributed by atoms with Crippen molar-refractivity contribution in [1.82, 2.24) is 0 Å². The molecule has 0 aromatic heterocycles. The summed E-state index contributed by atoms with van der Waals surface area (Å²) in [4.78, 5) is 48.6. The highest BCUT2D eigenvalue weighted by Crippen LogP contribution is 2.48. The number of methoxy groups -OCH3 is 1. The summed E-state index contributed by atoms with van der Waals surface area (Å²) in [6.07, 6.45) is 1.70. The number of ether oxygens (including phenoxy) is 4. The number of hydrogen-bond acceptors (Lipinski definition) is 9. The van der Waals surface area contributed by atoms with E-state index in [-0.39, 0.29) is 19.8 Å². The quantitative estimate of drug-likeness (QED) is 0.175. The first-order valence-corrected chi connectivity index (χ1v) is 9.03. The van der Waals surface area contributed by atoms with Crippen molar-refractivity contribution < 1.29 is 38.3 Å². The first kappa shape index (κ1) is 23.7. The van der Waals surface area contributed by atoms with Crippen LogP contribution in [0.1, 0.15) is 34.1 Å². The Morgan fingerprint density at radius 2 is 1.79 bits per heavy atom. The largest absolute Gasteiger partial charge is 0.468 e. The number of nitro groups is 1. The van der Waals surface area contributed by atoms with Crippen molar-refractivity contribution in [3.8, 4) is 0 Å². The van der Waals surface area contributed by atoms with E-state index in [4.69, 9.17) is 18.9 Å². The fourth-order valence-corrected chi connectivity index (χ4v) is 3.59. The van der Waals surface area contributed by atoms with Crippen LogP contribution in [0, 0.1) is 21.4 Å². The first-order chi connectivity index (χ1) is 13.1. The highest BCUT2D eigenvalue weighted by atomic mass is 16.7. The molecule has 0 amide bonds. The first-order valence-electron chi connectivity index (χ1n) is 9.03. The third-order valence-electron chi connectivity index (χ3n) is 4.72. The van der Waals surface area contributed by atoms with Gasteiger partial charge in [-0.05, 0) is 39.8 Å². The number of esters is 2. The molecular formula is C18H27NO9. The van der Waals surface area contributed by atoms with Crippen molar-refractivity contribution in [1.29, 1.82) is 0 Å². The number of hydrogen-bond donors (Lipinski definition) is 0. The monoisotopic (exact) mass is 401 g/mol. The number of ketones is 1. The van der Waals surface area contributed by atoms with E-state index in [1.807, 2.05) is 0 Å². The molecule has 10 heteroatoms. The number of allylic oxidation sites excluding steroid dienone is 1. The minimum absolute atomic E-state index is 0.0309. The van der Waals surface area contributed by atoms with Crippen molar-refractivity contribution in [3.05, 3.63) is 22.3 Å². The summed E-state index contributed by atoms with van der Waals surface area (Å²) >= 11 is 0. The van der Waals surface area contributed by atoms with Gasteiger partial charge in [0.25, 0.3) is 0 Å². The van der Waals surface area contributed by atoms with Gasteiger partial charge in [-0.2, -0.15) is 0 Å². The summed E-state index contributed by atoms with van der Waals surface area (Å²) < 4.78 is 21.0. The molecule has 158 valence electrons. The normalized spacial score (nSPS) is 24.5. The van der Waals surface area contributed by atoms with Gasteiger partial charge in [-0.15, -0.1) is 0 Å². The van der Waals surface area contributed by atoms with Gasteiger partial charge in [-0.1, -0.05) is 0 Å². The summed E-state index contributed by atoms with van der Waals surface area (Å²) in [6.45, 7) is 6.28. The van der Waals surface area contributed by atoms with Gasteiger partial charge in [0.2, 0.25) is 6.04 Å². The van der Waals surface area contributed by atoms with E-state index < -0.39 is 52.2 Å². The molecule has 0 unspecified atom stereocenters. The van der Waals surface area contributed by atoms with E-state index in [1.165, 1.54) is 13.0 Å². The van der Waals surface area contributed by atoms with Crippen LogP contribution in [0.3, 0.4) is 0 Å². The molecule has 0 aromatic rings. The Labute approximate surface area is 163 Å². The zero-order valence-corrected chi connectivity index (χ0v) is 16.8. The lowest BCUT2D eigenvalue weighted by atomic mass is 9.62. The van der Waals surface area contributed by atoms with Crippen molar-refractivity contribution in [2.24, 2.45) is 11.3 Å². The molecule has 0 saturated carbocycles. The van der Waals surface area contributed by atoms with Crippen LogP contribution in [0.4, 0.5) is 0 Å². The Bertz CT molecular complexity index is 639. The number of carbonyl (C=O) groups excluding carboxylic acids is 3. The van der Waals surface area contributed by atoms with Gasteiger partial charge in [-0.3, -0.25) is 24.5 Å². The molecule has 0 aliphatic heterocycles. The average Bonchev–Trinajstić information content (AvgIpc) is 2.64. The Morgan fingerprint density at radius 1 is 1.21 bits per heavy atom. The van der Waals surface area contributed by atoms with E-state index in [9.17, 15) is 24.5 Å². The molecule has 0 saturated heterocycles. The third kappa shape index (κ3) is 4.39. The molecular weight excluding hydrogens is 374 g/mol. The molecule has 1 aliphatic carbocycles. The van der Waals surface area contributed by atoms with Crippen LogP contribution in [-0.4, -0.2) is 61.4 Å². The lowest BCUT2D eigenvalue weighted by Crippen LogP contribution is -2.63. The SMILES string of the molecule is CCOC(=O)C[C@@H]([C@@H]1C(OCC)(OCC)C=CC(=O)[C@]1(C)C(=O)OC)[N+](=O)[O-]. The molecule has 0 spiro atoms. The van der Waals surface area contributed by atoms with Crippen LogP contribution >= 0.6 is 0 Å². The van der Waals surface area contributed by atoms with Gasteiger partial charge >= 0.3 is 11.9 Å². The summed E-state index contributed by atoms with van der Waals surface area (Å²) in [5, 5.41) is 11.9. The van der Waals surface area contributed by atoms with Crippen LogP contribution in [0.2, 0.25) is 0 Å².